The van der Waals surface area contributed by atoms with Crippen LogP contribution in [0.4, 0.5) is 0 Å². The maximum Gasteiger partial charge on any atom is 0.250 e. The van der Waals surface area contributed by atoms with Crippen LogP contribution in [0.2, 0.25) is 0 Å². The van der Waals surface area contributed by atoms with Crippen LogP contribution in [0.25, 0.3) is 0 Å². The molecule has 102 valence electrons. The first kappa shape index (κ1) is 12.4. The molecule has 1 aromatic heterocycles. The van der Waals surface area contributed by atoms with Crippen molar-refractivity contribution < 1.29 is 9.90 Å². The molecule has 0 fully saturated rings. The Morgan fingerprint density at radius 1 is 1.58 bits per heavy atom. The predicted molar refractivity (Wildman–Crippen MR) is 70.3 cm³/mol. The van der Waals surface area contributed by atoms with E-state index in [1.54, 1.807) is 11.2 Å². The Bertz CT molecular complexity index is 533. The van der Waals surface area contributed by atoms with Crippen LogP contribution < -0.4 is 0 Å². The standard InChI is InChI=1S/C14H19N3O2/c1-16-9-15-12-7-17(11(8-18)6-13(12)16)14(19)10-4-2-3-5-10/h4,9,11,18H,2-3,5-8H2,1H3/t11-/m0/s1. The lowest BCUT2D eigenvalue weighted by atomic mass is 10.0. The number of carbonyl (C=O) groups is 1. The Morgan fingerprint density at radius 3 is 3.11 bits per heavy atom. The molecule has 0 radical (unpaired) electrons. The predicted octanol–water partition coefficient (Wildman–Crippen LogP) is 0.776. The second-order valence-corrected chi connectivity index (χ2v) is 5.34. The molecule has 1 aliphatic carbocycles. The highest BCUT2D eigenvalue weighted by Crippen LogP contribution is 2.26. The van der Waals surface area contributed by atoms with Crippen LogP contribution in [0.3, 0.4) is 0 Å². The highest BCUT2D eigenvalue weighted by Gasteiger charge is 2.33. The zero-order chi connectivity index (χ0) is 13.4. The summed E-state index contributed by atoms with van der Waals surface area (Å²) in [4.78, 5) is 18.6. The van der Waals surface area contributed by atoms with Crippen LogP contribution in [-0.2, 0) is 24.8 Å². The van der Waals surface area contributed by atoms with Crippen LogP contribution in [-0.4, -0.2) is 38.1 Å². The van der Waals surface area contributed by atoms with E-state index in [4.69, 9.17) is 0 Å². The topological polar surface area (TPSA) is 58.4 Å². The van der Waals surface area contributed by atoms with E-state index >= 15 is 0 Å². The minimum atomic E-state index is -0.128. The lowest BCUT2D eigenvalue weighted by Crippen LogP contribution is -2.47. The largest absolute Gasteiger partial charge is 0.394 e. The lowest BCUT2D eigenvalue weighted by Gasteiger charge is -2.34. The van der Waals surface area contributed by atoms with E-state index < -0.39 is 0 Å². The van der Waals surface area contributed by atoms with Crippen LogP contribution in [0, 0.1) is 0 Å². The van der Waals surface area contributed by atoms with E-state index in [2.05, 4.69) is 4.98 Å². The zero-order valence-electron chi connectivity index (χ0n) is 11.2. The summed E-state index contributed by atoms with van der Waals surface area (Å²) >= 11 is 0. The van der Waals surface area contributed by atoms with Gasteiger partial charge in [-0.05, 0) is 19.3 Å². The third kappa shape index (κ3) is 2.08. The molecule has 19 heavy (non-hydrogen) atoms. The van der Waals surface area contributed by atoms with Gasteiger partial charge in [-0.25, -0.2) is 4.98 Å². The van der Waals surface area contributed by atoms with Crippen molar-refractivity contribution in [3.05, 3.63) is 29.4 Å². The van der Waals surface area contributed by atoms with Gasteiger partial charge in [0.2, 0.25) is 5.91 Å². The molecule has 1 aliphatic heterocycles. The van der Waals surface area contributed by atoms with E-state index in [9.17, 15) is 9.90 Å². The van der Waals surface area contributed by atoms with Gasteiger partial charge < -0.3 is 14.6 Å². The number of imidazole rings is 1. The number of amides is 1. The Balaban J connectivity index is 1.87. The Kier molecular flexibility index (Phi) is 3.14. The number of aromatic nitrogens is 2. The van der Waals surface area contributed by atoms with Gasteiger partial charge in [0.1, 0.15) is 0 Å². The van der Waals surface area contributed by atoms with Gasteiger partial charge in [0.05, 0.1) is 31.2 Å². The van der Waals surface area contributed by atoms with Crippen LogP contribution in [0.15, 0.2) is 18.0 Å². The number of hydrogen-bond acceptors (Lipinski definition) is 3. The second kappa shape index (κ2) is 4.81. The molecule has 0 aromatic carbocycles. The average molecular weight is 261 g/mol. The molecule has 1 N–H and O–H groups in total. The Morgan fingerprint density at radius 2 is 2.42 bits per heavy atom. The smallest absolute Gasteiger partial charge is 0.250 e. The van der Waals surface area contributed by atoms with Crippen LogP contribution in [0.5, 0.6) is 0 Å². The van der Waals surface area contributed by atoms with E-state index in [1.165, 1.54) is 0 Å². The second-order valence-electron chi connectivity index (χ2n) is 5.34. The quantitative estimate of drug-likeness (QED) is 0.855. The number of aliphatic hydroxyl groups excluding tert-OH is 1. The molecule has 0 spiro atoms. The SMILES string of the molecule is Cn1cnc2c1C[C@@H](CO)N(C(=O)C1=CCCC1)C2. The number of carbonyl (C=O) groups excluding carboxylic acids is 1. The first-order valence-corrected chi connectivity index (χ1v) is 6.80. The summed E-state index contributed by atoms with van der Waals surface area (Å²) in [6, 6.07) is -0.128. The summed E-state index contributed by atoms with van der Waals surface area (Å²) in [6.45, 7) is 0.515. The Labute approximate surface area is 112 Å². The highest BCUT2D eigenvalue weighted by molar-refractivity contribution is 5.94. The number of aryl methyl sites for hydroxylation is 1. The van der Waals surface area contributed by atoms with Gasteiger partial charge in [0, 0.05) is 24.7 Å². The molecule has 3 rings (SSSR count). The summed E-state index contributed by atoms with van der Waals surface area (Å²) < 4.78 is 1.98. The van der Waals surface area contributed by atoms with Crippen molar-refractivity contribution in [1.29, 1.82) is 0 Å². The normalized spacial score (nSPS) is 22.3. The first-order chi connectivity index (χ1) is 9.20. The molecule has 5 heteroatoms. The molecule has 0 bridgehead atoms. The minimum Gasteiger partial charge on any atom is -0.394 e. The van der Waals surface area contributed by atoms with E-state index in [0.29, 0.717) is 13.0 Å². The molecule has 1 atom stereocenters. The fourth-order valence-electron chi connectivity index (χ4n) is 2.97. The van der Waals surface area contributed by atoms with Crippen molar-refractivity contribution in [2.75, 3.05) is 6.61 Å². The monoisotopic (exact) mass is 261 g/mol. The van der Waals surface area contributed by atoms with Crippen molar-refractivity contribution >= 4 is 5.91 Å². The van der Waals surface area contributed by atoms with Crippen molar-refractivity contribution in [2.24, 2.45) is 7.05 Å². The Hall–Kier alpha value is -1.62. The van der Waals surface area contributed by atoms with Gasteiger partial charge in [0.25, 0.3) is 0 Å². The molecule has 2 aliphatic rings. The summed E-state index contributed by atoms with van der Waals surface area (Å²) in [5.41, 5.74) is 2.99. The summed E-state index contributed by atoms with van der Waals surface area (Å²) in [5, 5.41) is 9.56. The van der Waals surface area contributed by atoms with Gasteiger partial charge in [-0.2, -0.15) is 0 Å². The number of nitrogens with zero attached hydrogens (tertiary/aromatic N) is 3. The number of hydrogen-bond donors (Lipinski definition) is 1. The zero-order valence-corrected chi connectivity index (χ0v) is 11.2. The van der Waals surface area contributed by atoms with Crippen molar-refractivity contribution in [3.63, 3.8) is 0 Å². The maximum absolute atomic E-state index is 12.5. The maximum atomic E-state index is 12.5. The first-order valence-electron chi connectivity index (χ1n) is 6.80. The molecule has 2 heterocycles. The van der Waals surface area contributed by atoms with E-state index in [0.717, 1.165) is 36.2 Å². The molecular weight excluding hydrogens is 242 g/mol. The molecule has 0 saturated carbocycles. The third-order valence-corrected chi connectivity index (χ3v) is 4.12. The van der Waals surface area contributed by atoms with Crippen LogP contribution >= 0.6 is 0 Å². The molecule has 5 nitrogen and oxygen atoms in total. The van der Waals surface area contributed by atoms with Gasteiger partial charge >= 0.3 is 0 Å². The lowest BCUT2D eigenvalue weighted by molar-refractivity contribution is -0.131. The molecule has 0 saturated heterocycles. The molecule has 1 amide bonds. The van der Waals surface area contributed by atoms with E-state index in [-0.39, 0.29) is 18.6 Å². The molecule has 0 unspecified atom stereocenters. The van der Waals surface area contributed by atoms with Gasteiger partial charge in [-0.3, -0.25) is 4.79 Å². The summed E-state index contributed by atoms with van der Waals surface area (Å²) in [6.07, 6.45) is 7.41. The van der Waals surface area contributed by atoms with Crippen molar-refractivity contribution in [3.8, 4) is 0 Å². The average Bonchev–Trinajstić information content (AvgIpc) is 3.07. The van der Waals surface area contributed by atoms with Crippen LogP contribution in [0.1, 0.15) is 30.7 Å². The number of allylic oxidation sites excluding steroid dienone is 1. The number of rotatable bonds is 2. The summed E-state index contributed by atoms with van der Waals surface area (Å²) in [7, 11) is 1.96. The fraction of sp³-hybridized carbons (Fsp3) is 0.571. The van der Waals surface area contributed by atoms with Gasteiger partial charge in [-0.15, -0.1) is 0 Å². The number of fused-ring (bicyclic) bond motifs is 1. The highest BCUT2D eigenvalue weighted by atomic mass is 16.3. The van der Waals surface area contributed by atoms with Gasteiger partial charge in [-0.1, -0.05) is 6.08 Å². The minimum absolute atomic E-state index is 0.00361. The fourth-order valence-corrected chi connectivity index (χ4v) is 2.97. The number of aliphatic hydroxyl groups is 1. The van der Waals surface area contributed by atoms with Crippen molar-refractivity contribution in [2.45, 2.75) is 38.3 Å². The van der Waals surface area contributed by atoms with Gasteiger partial charge in [0.15, 0.2) is 0 Å². The van der Waals surface area contributed by atoms with Crippen molar-refractivity contribution in [1.82, 2.24) is 14.5 Å². The van der Waals surface area contributed by atoms with E-state index in [1.807, 2.05) is 17.7 Å². The third-order valence-electron chi connectivity index (χ3n) is 4.12. The molecular formula is C14H19N3O2. The molecule has 1 aromatic rings. The summed E-state index contributed by atoms with van der Waals surface area (Å²) in [5.74, 6) is 0.0767.